The van der Waals surface area contributed by atoms with E-state index in [1.54, 1.807) is 39.8 Å². The number of phenolic OH excluding ortho intramolecular Hbond substituents is 3. The number of ether oxygens (including phenoxy) is 4. The van der Waals surface area contributed by atoms with Crippen molar-refractivity contribution in [3.05, 3.63) is 76.1 Å². The van der Waals surface area contributed by atoms with Crippen LogP contribution in [-0.4, -0.2) is 93.3 Å². The SMILES string of the molecule is CO[C@H]1/C=C/O[C@@]2(C)Oc3c(C)c(O)c4c(O)c(c(/C=N/OC/C=C(\C)CCC=C(C)C)c(O)c4c3C2=O)NC(=O)/C(C)=C\C=C\[C@H](C)[C@H](O)[C@@H](C)[C@@H](O)[C@@H](C)[C@H](OC(C)=O)[C@@H]1C. The Balaban J connectivity index is 1.91. The smallest absolute Gasteiger partial charge is 0.312 e. The van der Waals surface area contributed by atoms with Crippen LogP contribution in [0.1, 0.15) is 104 Å². The number of nitrogens with zero attached hydrogens (tertiary/aromatic N) is 1. The summed E-state index contributed by atoms with van der Waals surface area (Å²) in [7, 11) is 1.43. The first-order valence-electron chi connectivity index (χ1n) is 21.1. The lowest BCUT2D eigenvalue weighted by molar-refractivity contribution is -0.160. The van der Waals surface area contributed by atoms with Crippen LogP contribution in [0, 0.1) is 30.6 Å². The lowest BCUT2D eigenvalue weighted by atomic mass is 9.78. The molecule has 344 valence electrons. The molecular formula is C48H64N2O13. The molecular weight excluding hydrogens is 813 g/mol. The third-order valence-corrected chi connectivity index (χ3v) is 11.9. The van der Waals surface area contributed by atoms with Gasteiger partial charge in [0.15, 0.2) is 5.75 Å². The number of benzene rings is 2. The van der Waals surface area contributed by atoms with Crippen LogP contribution >= 0.6 is 0 Å². The molecule has 0 spiro atoms. The molecule has 15 heteroatoms. The van der Waals surface area contributed by atoms with Gasteiger partial charge in [0, 0.05) is 61.2 Å². The lowest BCUT2D eigenvalue weighted by Gasteiger charge is -2.38. The van der Waals surface area contributed by atoms with Gasteiger partial charge in [0.25, 0.3) is 11.7 Å². The van der Waals surface area contributed by atoms with Crippen molar-refractivity contribution in [2.24, 2.45) is 28.8 Å². The van der Waals surface area contributed by atoms with E-state index in [1.807, 2.05) is 26.8 Å². The maximum atomic E-state index is 14.4. The first-order chi connectivity index (χ1) is 29.6. The Morgan fingerprint density at radius 2 is 1.60 bits per heavy atom. The van der Waals surface area contributed by atoms with Gasteiger partial charge < -0.3 is 54.6 Å². The highest BCUT2D eigenvalue weighted by Gasteiger charge is 2.50. The molecule has 63 heavy (non-hydrogen) atoms. The lowest BCUT2D eigenvalue weighted by Crippen LogP contribution is -2.46. The van der Waals surface area contributed by atoms with Gasteiger partial charge in [-0.15, -0.1) is 0 Å². The predicted octanol–water partition coefficient (Wildman–Crippen LogP) is 7.80. The number of hydrogen-bond acceptors (Lipinski definition) is 14. The van der Waals surface area contributed by atoms with Gasteiger partial charge in [-0.2, -0.15) is 0 Å². The first kappa shape index (κ1) is 50.0. The van der Waals surface area contributed by atoms with Crippen molar-refractivity contribution < 1.29 is 63.7 Å². The largest absolute Gasteiger partial charge is 0.507 e. The minimum atomic E-state index is -2.07. The topological polar surface area (TPSA) is 223 Å². The summed E-state index contributed by atoms with van der Waals surface area (Å²) in [5, 5.41) is 64.4. The first-order valence-corrected chi connectivity index (χ1v) is 21.1. The van der Waals surface area contributed by atoms with E-state index in [0.717, 1.165) is 24.6 Å². The number of methoxy groups -OCH3 is 1. The quantitative estimate of drug-likeness (QED) is 0.0270. The molecule has 9 atom stereocenters. The Hall–Kier alpha value is -5.64. The van der Waals surface area contributed by atoms with Crippen LogP contribution < -0.4 is 10.1 Å². The van der Waals surface area contributed by atoms with Crippen LogP contribution in [0.15, 0.2) is 64.6 Å². The van der Waals surface area contributed by atoms with Gasteiger partial charge in [-0.05, 0) is 59.6 Å². The Morgan fingerprint density at radius 1 is 0.921 bits per heavy atom. The van der Waals surface area contributed by atoms with E-state index in [1.165, 1.54) is 58.8 Å². The van der Waals surface area contributed by atoms with Crippen molar-refractivity contribution in [3.8, 4) is 23.0 Å². The summed E-state index contributed by atoms with van der Waals surface area (Å²) >= 11 is 0. The zero-order valence-electron chi connectivity index (χ0n) is 38.3. The Labute approximate surface area is 369 Å². The van der Waals surface area contributed by atoms with E-state index in [-0.39, 0.29) is 51.1 Å². The van der Waals surface area contributed by atoms with Gasteiger partial charge in [-0.1, -0.05) is 68.3 Å². The number of nitrogens with one attached hydrogen (secondary N) is 1. The molecule has 2 aromatic rings. The zero-order valence-corrected chi connectivity index (χ0v) is 38.3. The molecule has 0 saturated heterocycles. The number of rotatable bonds is 9. The van der Waals surface area contributed by atoms with Crippen molar-refractivity contribution in [1.29, 1.82) is 0 Å². The predicted molar refractivity (Wildman–Crippen MR) is 240 cm³/mol. The fourth-order valence-electron chi connectivity index (χ4n) is 7.88. The highest BCUT2D eigenvalue weighted by atomic mass is 16.7. The molecule has 15 nitrogen and oxygen atoms in total. The number of ketones is 1. The molecule has 0 saturated carbocycles. The molecule has 0 fully saturated rings. The number of allylic oxidation sites excluding steroid dienone is 5. The molecule has 0 aromatic heterocycles. The molecule has 2 aromatic carbocycles. The van der Waals surface area contributed by atoms with Crippen LogP contribution in [0.4, 0.5) is 5.69 Å². The molecule has 5 bridgehead atoms. The minimum absolute atomic E-state index is 0.0306. The van der Waals surface area contributed by atoms with Crippen LogP contribution in [0.3, 0.4) is 0 Å². The number of anilines is 1. The maximum Gasteiger partial charge on any atom is 0.312 e. The van der Waals surface area contributed by atoms with Crippen molar-refractivity contribution in [1.82, 2.24) is 0 Å². The third-order valence-electron chi connectivity index (χ3n) is 11.9. The number of carbonyl (C=O) groups is 3. The summed E-state index contributed by atoms with van der Waals surface area (Å²) in [5.74, 6) is -8.70. The second kappa shape index (κ2) is 21.2. The number of oxime groups is 1. The number of aliphatic hydroxyl groups is 2. The molecule has 6 N–H and O–H groups in total. The summed E-state index contributed by atoms with van der Waals surface area (Å²) in [6.45, 7) is 18.5. The van der Waals surface area contributed by atoms with Gasteiger partial charge in [-0.25, -0.2) is 0 Å². The number of aliphatic hydroxyl groups excluding tert-OH is 2. The van der Waals surface area contributed by atoms with Gasteiger partial charge in [0.2, 0.25) is 0 Å². The standard InChI is InChI=1S/C48H64N2O13/c1-24(2)15-13-16-25(3)19-22-61-49-23-33-38-43(56)36-35(42(33)55)37-45(31(9)41(36)54)63-48(11,46(37)57)60-21-20-34(59-12)28(6)44(62-32(10)51)30(8)40(53)29(7)39(52)26(4)17-14-18-27(5)47(58)50-38/h14-15,17-21,23,26,28-30,34,39-40,44,52-56H,13,16,22H2,1-12H3,(H,50,58)/b17-14+,21-20+,25-19+,27-18-,49-23+/t26-,28+,29+,30+,34-,39-,40+,44+,48-/m0/s1. The monoisotopic (exact) mass is 876 g/mol. The van der Waals surface area contributed by atoms with E-state index >= 15 is 0 Å². The van der Waals surface area contributed by atoms with Crippen LogP contribution in [-0.2, 0) is 28.6 Å². The van der Waals surface area contributed by atoms with Gasteiger partial charge in [0.1, 0.15) is 30.0 Å². The van der Waals surface area contributed by atoms with Crippen LogP contribution in [0.5, 0.6) is 23.0 Å². The number of fused-ring (bicyclic) bond motifs is 14. The fraction of sp³-hybridized carbons (Fsp3) is 0.500. The highest BCUT2D eigenvalue weighted by molar-refractivity contribution is 6.23. The second-order valence-corrected chi connectivity index (χ2v) is 17.0. The average Bonchev–Trinajstić information content (AvgIpc) is 3.49. The molecule has 1 amide bonds. The van der Waals surface area contributed by atoms with E-state index in [4.69, 9.17) is 23.8 Å². The normalized spacial score (nSPS) is 29.1. The highest BCUT2D eigenvalue weighted by Crippen LogP contribution is 2.55. The molecule has 0 radical (unpaired) electrons. The Bertz CT molecular complexity index is 2230. The van der Waals surface area contributed by atoms with Crippen molar-refractivity contribution in [3.63, 3.8) is 0 Å². The van der Waals surface area contributed by atoms with E-state index in [9.17, 15) is 39.9 Å². The molecule has 3 aliphatic heterocycles. The molecule has 3 heterocycles. The number of hydrogen-bond donors (Lipinski definition) is 6. The van der Waals surface area contributed by atoms with Crippen LogP contribution in [0.2, 0.25) is 0 Å². The van der Waals surface area contributed by atoms with Crippen molar-refractivity contribution >= 4 is 40.3 Å². The van der Waals surface area contributed by atoms with Gasteiger partial charge in [0.05, 0.1) is 53.0 Å². The number of phenols is 3. The molecule has 5 rings (SSSR count). The van der Waals surface area contributed by atoms with Crippen molar-refractivity contribution in [2.45, 2.75) is 119 Å². The minimum Gasteiger partial charge on any atom is -0.507 e. The summed E-state index contributed by atoms with van der Waals surface area (Å²) in [5.41, 5.74) is 1.64. The van der Waals surface area contributed by atoms with Crippen LogP contribution in [0.25, 0.3) is 10.8 Å². The number of carbonyl (C=O) groups excluding carboxylic acids is 3. The fourth-order valence-corrected chi connectivity index (χ4v) is 7.88. The average molecular weight is 877 g/mol. The van der Waals surface area contributed by atoms with Gasteiger partial charge in [-0.3, -0.25) is 14.4 Å². The molecule has 0 unspecified atom stereocenters. The zero-order chi connectivity index (χ0) is 47.1. The Morgan fingerprint density at radius 3 is 2.24 bits per heavy atom. The van der Waals surface area contributed by atoms with E-state index < -0.39 is 88.8 Å². The molecule has 0 aliphatic carbocycles. The summed E-state index contributed by atoms with van der Waals surface area (Å²) in [6.07, 6.45) is 10.2. The number of Topliss-reactive ketones (excluding diaryl/α,β-unsaturated/α-hetero) is 1. The number of amides is 1. The number of aromatic hydroxyl groups is 3. The maximum absolute atomic E-state index is 14.4. The number of esters is 1. The summed E-state index contributed by atoms with van der Waals surface area (Å²) in [4.78, 5) is 46.0. The summed E-state index contributed by atoms with van der Waals surface area (Å²) in [6, 6.07) is 0. The molecule has 3 aliphatic rings. The van der Waals surface area contributed by atoms with E-state index in [0.29, 0.717) is 0 Å². The second-order valence-electron chi connectivity index (χ2n) is 17.0. The van der Waals surface area contributed by atoms with E-state index in [2.05, 4.69) is 16.5 Å². The Kier molecular flexibility index (Phi) is 16.8. The van der Waals surface area contributed by atoms with Gasteiger partial charge >= 0.3 is 11.8 Å². The van der Waals surface area contributed by atoms with Crippen molar-refractivity contribution in [2.75, 3.05) is 19.0 Å². The summed E-state index contributed by atoms with van der Waals surface area (Å²) < 4.78 is 23.6. The third kappa shape index (κ3) is 11.1.